The van der Waals surface area contributed by atoms with Crippen molar-refractivity contribution in [1.29, 1.82) is 0 Å². The maximum atomic E-state index is 10.7. The van der Waals surface area contributed by atoms with Gasteiger partial charge in [0, 0.05) is 11.4 Å². The quantitative estimate of drug-likeness (QED) is 0.487. The van der Waals surface area contributed by atoms with E-state index in [0.29, 0.717) is 21.1 Å². The molecule has 6 heteroatoms. The van der Waals surface area contributed by atoms with Gasteiger partial charge in [-0.05, 0) is 22.0 Å². The third-order valence-electron chi connectivity index (χ3n) is 1.73. The maximum absolute atomic E-state index is 10.7. The van der Waals surface area contributed by atoms with E-state index in [0.717, 1.165) is 0 Å². The minimum Gasteiger partial charge on any atom is -0.496 e. The summed E-state index contributed by atoms with van der Waals surface area (Å²) in [4.78, 5) is 10.2. The Balaban J connectivity index is 3.35. The van der Waals surface area contributed by atoms with E-state index in [9.17, 15) is 10.1 Å². The largest absolute Gasteiger partial charge is 0.496 e. The summed E-state index contributed by atoms with van der Waals surface area (Å²) in [6.45, 7) is 0. The molecule has 0 aliphatic heterocycles. The number of hydrogen-bond donors (Lipinski definition) is 0. The number of benzene rings is 1. The Labute approximate surface area is 97.7 Å². The number of ether oxygens (including phenoxy) is 1. The molecule has 0 aliphatic rings. The van der Waals surface area contributed by atoms with Gasteiger partial charge in [-0.15, -0.1) is 0 Å². The van der Waals surface area contributed by atoms with E-state index < -0.39 is 4.92 Å². The van der Waals surface area contributed by atoms with Gasteiger partial charge in [0.25, 0.3) is 5.69 Å². The first-order valence-electron chi connectivity index (χ1n) is 3.67. The zero-order valence-electron chi connectivity index (χ0n) is 7.29. The first kappa shape index (κ1) is 11.5. The molecule has 0 spiro atoms. The van der Waals surface area contributed by atoms with E-state index in [1.807, 2.05) is 0 Å². The lowest BCUT2D eigenvalue weighted by Crippen LogP contribution is -1.96. The predicted molar refractivity (Wildman–Crippen MR) is 60.0 cm³/mol. The molecule has 1 aromatic carbocycles. The van der Waals surface area contributed by atoms with Crippen LogP contribution >= 0.6 is 31.9 Å². The van der Waals surface area contributed by atoms with Crippen LogP contribution < -0.4 is 4.74 Å². The molecule has 0 saturated heterocycles. The number of halogens is 2. The van der Waals surface area contributed by atoms with Gasteiger partial charge in [-0.2, -0.15) is 0 Å². The Morgan fingerprint density at radius 2 is 2.21 bits per heavy atom. The van der Waals surface area contributed by atoms with Crippen molar-refractivity contribution in [3.63, 3.8) is 0 Å². The fraction of sp³-hybridized carbons (Fsp3) is 0.250. The minimum absolute atomic E-state index is 0.0783. The van der Waals surface area contributed by atoms with Crippen LogP contribution in [0.15, 0.2) is 16.6 Å². The Bertz CT molecular complexity index is 368. The smallest absolute Gasteiger partial charge is 0.274 e. The lowest BCUT2D eigenvalue weighted by atomic mass is 10.2. The normalized spacial score (nSPS) is 9.93. The van der Waals surface area contributed by atoms with Gasteiger partial charge >= 0.3 is 0 Å². The van der Waals surface area contributed by atoms with Gasteiger partial charge in [-0.25, -0.2) is 0 Å². The molecule has 4 nitrogen and oxygen atoms in total. The van der Waals surface area contributed by atoms with Crippen molar-refractivity contribution in [3.8, 4) is 5.75 Å². The van der Waals surface area contributed by atoms with Gasteiger partial charge in [0.1, 0.15) is 5.75 Å². The molecule has 0 unspecified atom stereocenters. The Morgan fingerprint density at radius 1 is 1.57 bits per heavy atom. The summed E-state index contributed by atoms with van der Waals surface area (Å²) < 4.78 is 5.65. The third kappa shape index (κ3) is 2.06. The minimum atomic E-state index is -0.416. The van der Waals surface area contributed by atoms with E-state index >= 15 is 0 Å². The van der Waals surface area contributed by atoms with E-state index in [1.165, 1.54) is 13.2 Å². The van der Waals surface area contributed by atoms with Crippen LogP contribution in [0, 0.1) is 10.1 Å². The summed E-state index contributed by atoms with van der Waals surface area (Å²) in [7, 11) is 1.52. The van der Waals surface area contributed by atoms with E-state index in [4.69, 9.17) is 4.74 Å². The van der Waals surface area contributed by atoms with E-state index in [2.05, 4.69) is 31.9 Å². The molecule has 0 bridgehead atoms. The Hall–Kier alpha value is -0.620. The second-order valence-electron chi connectivity index (χ2n) is 2.47. The molecule has 0 amide bonds. The topological polar surface area (TPSA) is 52.4 Å². The van der Waals surface area contributed by atoms with Crippen LogP contribution in [-0.4, -0.2) is 12.0 Å². The van der Waals surface area contributed by atoms with Crippen LogP contribution in [0.4, 0.5) is 5.69 Å². The second kappa shape index (κ2) is 4.75. The van der Waals surface area contributed by atoms with E-state index in [-0.39, 0.29) is 5.69 Å². The fourth-order valence-corrected chi connectivity index (χ4v) is 2.63. The molecule has 1 rings (SSSR count). The van der Waals surface area contributed by atoms with Crippen molar-refractivity contribution < 1.29 is 9.66 Å². The van der Waals surface area contributed by atoms with Gasteiger partial charge in [-0.1, -0.05) is 15.9 Å². The number of nitrogens with zero attached hydrogens (tertiary/aromatic N) is 1. The van der Waals surface area contributed by atoms with Crippen LogP contribution in [0.1, 0.15) is 5.56 Å². The Morgan fingerprint density at radius 3 is 2.64 bits per heavy atom. The molecule has 14 heavy (non-hydrogen) atoms. The van der Waals surface area contributed by atoms with Crippen LogP contribution in [0.25, 0.3) is 0 Å². The maximum Gasteiger partial charge on any atom is 0.274 e. The molecular weight excluding hydrogens is 318 g/mol. The highest BCUT2D eigenvalue weighted by Gasteiger charge is 2.18. The molecule has 0 aliphatic carbocycles. The summed E-state index contributed by atoms with van der Waals surface area (Å²) in [5, 5.41) is 11.1. The number of nitro groups is 1. The summed E-state index contributed by atoms with van der Waals surface area (Å²) in [6, 6.07) is 2.99. The highest BCUT2D eigenvalue weighted by Crippen LogP contribution is 2.35. The zero-order valence-corrected chi connectivity index (χ0v) is 10.5. The van der Waals surface area contributed by atoms with Gasteiger partial charge in [0.2, 0.25) is 0 Å². The van der Waals surface area contributed by atoms with Crippen molar-refractivity contribution in [2.45, 2.75) is 5.33 Å². The molecule has 0 N–H and O–H groups in total. The molecule has 0 radical (unpaired) electrons. The van der Waals surface area contributed by atoms with Crippen LogP contribution in [0.3, 0.4) is 0 Å². The van der Waals surface area contributed by atoms with Gasteiger partial charge in [0.05, 0.1) is 22.1 Å². The van der Waals surface area contributed by atoms with Crippen molar-refractivity contribution >= 4 is 37.5 Å². The lowest BCUT2D eigenvalue weighted by molar-refractivity contribution is -0.385. The molecule has 1 aromatic rings. The van der Waals surface area contributed by atoms with E-state index in [1.54, 1.807) is 6.07 Å². The zero-order chi connectivity index (χ0) is 10.7. The molecule has 0 fully saturated rings. The molecule has 0 heterocycles. The van der Waals surface area contributed by atoms with Crippen LogP contribution in [0.5, 0.6) is 5.75 Å². The standard InChI is InChI=1S/C8H7Br2NO3/c1-14-7-3-2-6(11(12)13)5(4-9)8(7)10/h2-3H,4H2,1H3. The van der Waals surface area contributed by atoms with Gasteiger partial charge in [0.15, 0.2) is 0 Å². The number of rotatable bonds is 3. The van der Waals surface area contributed by atoms with Crippen molar-refractivity contribution in [2.75, 3.05) is 7.11 Å². The third-order valence-corrected chi connectivity index (χ3v) is 3.16. The molecule has 0 atom stereocenters. The average Bonchev–Trinajstić information content (AvgIpc) is 2.17. The highest BCUT2D eigenvalue weighted by atomic mass is 79.9. The van der Waals surface area contributed by atoms with Crippen molar-refractivity contribution in [2.24, 2.45) is 0 Å². The lowest BCUT2D eigenvalue weighted by Gasteiger charge is -2.07. The average molecular weight is 325 g/mol. The van der Waals surface area contributed by atoms with Crippen LogP contribution in [-0.2, 0) is 5.33 Å². The number of methoxy groups -OCH3 is 1. The number of hydrogen-bond acceptors (Lipinski definition) is 3. The summed E-state index contributed by atoms with van der Waals surface area (Å²) in [6.07, 6.45) is 0. The monoisotopic (exact) mass is 323 g/mol. The fourth-order valence-electron chi connectivity index (χ4n) is 1.05. The summed E-state index contributed by atoms with van der Waals surface area (Å²) >= 11 is 6.46. The van der Waals surface area contributed by atoms with Crippen molar-refractivity contribution in [3.05, 3.63) is 32.3 Å². The predicted octanol–water partition coefficient (Wildman–Crippen LogP) is 3.26. The Kier molecular flexibility index (Phi) is 3.88. The first-order chi connectivity index (χ1) is 6.61. The molecule has 76 valence electrons. The molecule has 0 saturated carbocycles. The summed E-state index contributed by atoms with van der Waals surface area (Å²) in [5.74, 6) is 0.588. The van der Waals surface area contributed by atoms with Gasteiger partial charge in [-0.3, -0.25) is 10.1 Å². The SMILES string of the molecule is COc1ccc([N+](=O)[O-])c(CBr)c1Br. The van der Waals surface area contributed by atoms with Crippen molar-refractivity contribution in [1.82, 2.24) is 0 Å². The molecule has 0 aromatic heterocycles. The number of nitro benzene ring substituents is 1. The first-order valence-corrected chi connectivity index (χ1v) is 5.59. The molecular formula is C8H7Br2NO3. The number of alkyl halides is 1. The van der Waals surface area contributed by atoms with Crippen LogP contribution in [0.2, 0.25) is 0 Å². The second-order valence-corrected chi connectivity index (χ2v) is 3.82. The summed E-state index contributed by atoms with van der Waals surface area (Å²) in [5.41, 5.74) is 0.656. The highest BCUT2D eigenvalue weighted by molar-refractivity contribution is 9.11. The van der Waals surface area contributed by atoms with Gasteiger partial charge < -0.3 is 4.74 Å².